The maximum Gasteiger partial charge on any atom is 0.266 e. The minimum Gasteiger partial charge on any atom is -0.243 e. The van der Waals surface area contributed by atoms with Gasteiger partial charge in [0.1, 0.15) is 4.60 Å². The maximum absolute atomic E-state index is 12.8. The molecule has 0 saturated heterocycles. The van der Waals surface area contributed by atoms with E-state index in [0.717, 1.165) is 6.07 Å². The van der Waals surface area contributed by atoms with E-state index < -0.39 is 17.8 Å². The summed E-state index contributed by atoms with van der Waals surface area (Å²) in [5.74, 6) is -0.990. The van der Waals surface area contributed by atoms with Gasteiger partial charge in [0.2, 0.25) is 0 Å². The van der Waals surface area contributed by atoms with Gasteiger partial charge in [-0.15, -0.1) is 0 Å². The lowest BCUT2D eigenvalue weighted by molar-refractivity contribution is 0.146. The summed E-state index contributed by atoms with van der Waals surface area (Å²) in [5.41, 5.74) is -0.257. The lowest BCUT2D eigenvalue weighted by atomic mass is 10.2. The Bertz CT molecular complexity index is 301. The van der Waals surface area contributed by atoms with E-state index in [1.54, 1.807) is 0 Å². The van der Waals surface area contributed by atoms with E-state index in [2.05, 4.69) is 20.9 Å². The molecule has 66 valence electrons. The van der Waals surface area contributed by atoms with Crippen LogP contribution in [0.1, 0.15) is 17.7 Å². The number of nitrogens with zero attached hydrogens (tertiary/aromatic N) is 1. The number of rotatable bonds is 1. The topological polar surface area (TPSA) is 12.9 Å². The molecule has 0 radical (unpaired) electrons. The lowest BCUT2D eigenvalue weighted by Crippen LogP contribution is -1.96. The second-order valence-electron chi connectivity index (χ2n) is 2.26. The molecule has 0 bridgehead atoms. The average molecular weight is 240 g/mol. The SMILES string of the molecule is Cc1cc(C(F)F)c(F)c(Br)n1. The molecule has 0 aliphatic heterocycles. The normalized spacial score (nSPS) is 10.8. The Labute approximate surface area is 75.7 Å². The van der Waals surface area contributed by atoms with Gasteiger partial charge in [0.05, 0.1) is 5.56 Å². The molecular formula is C7H5BrF3N. The van der Waals surface area contributed by atoms with E-state index in [9.17, 15) is 13.2 Å². The smallest absolute Gasteiger partial charge is 0.243 e. The molecule has 0 aliphatic rings. The summed E-state index contributed by atoms with van der Waals surface area (Å²) in [7, 11) is 0. The van der Waals surface area contributed by atoms with Crippen molar-refractivity contribution in [3.05, 3.63) is 27.7 Å². The highest BCUT2D eigenvalue weighted by Crippen LogP contribution is 2.26. The molecule has 0 saturated carbocycles. The predicted octanol–water partition coefficient (Wildman–Crippen LogP) is 3.23. The molecule has 1 aromatic rings. The first kappa shape index (κ1) is 9.51. The summed E-state index contributed by atoms with van der Waals surface area (Å²) >= 11 is 2.75. The molecule has 1 nitrogen and oxygen atoms in total. The van der Waals surface area contributed by atoms with E-state index in [1.165, 1.54) is 6.92 Å². The molecule has 1 rings (SSSR count). The van der Waals surface area contributed by atoms with Crippen molar-refractivity contribution in [3.8, 4) is 0 Å². The van der Waals surface area contributed by atoms with E-state index in [0.29, 0.717) is 5.69 Å². The quantitative estimate of drug-likeness (QED) is 0.686. The van der Waals surface area contributed by atoms with Crippen LogP contribution in [0.4, 0.5) is 13.2 Å². The summed E-state index contributed by atoms with van der Waals surface area (Å²) in [6.07, 6.45) is -2.80. The van der Waals surface area contributed by atoms with Gasteiger partial charge in [0.15, 0.2) is 5.82 Å². The summed E-state index contributed by atoms with van der Waals surface area (Å²) in [6.45, 7) is 1.52. The molecule has 0 unspecified atom stereocenters. The van der Waals surface area contributed by atoms with Gasteiger partial charge in [-0.2, -0.15) is 0 Å². The van der Waals surface area contributed by atoms with Crippen molar-refractivity contribution in [2.24, 2.45) is 0 Å². The monoisotopic (exact) mass is 239 g/mol. The molecule has 1 aromatic heterocycles. The van der Waals surface area contributed by atoms with Gasteiger partial charge in [0, 0.05) is 5.69 Å². The van der Waals surface area contributed by atoms with E-state index in [-0.39, 0.29) is 4.60 Å². The van der Waals surface area contributed by atoms with E-state index in [4.69, 9.17) is 0 Å². The largest absolute Gasteiger partial charge is 0.266 e. The molecule has 5 heteroatoms. The fourth-order valence-corrected chi connectivity index (χ4v) is 1.31. The van der Waals surface area contributed by atoms with Crippen LogP contribution >= 0.6 is 15.9 Å². The highest BCUT2D eigenvalue weighted by atomic mass is 79.9. The Morgan fingerprint density at radius 1 is 1.50 bits per heavy atom. The third-order valence-electron chi connectivity index (χ3n) is 1.31. The van der Waals surface area contributed by atoms with Gasteiger partial charge in [-0.05, 0) is 28.9 Å². The molecule has 12 heavy (non-hydrogen) atoms. The van der Waals surface area contributed by atoms with Gasteiger partial charge in [-0.25, -0.2) is 18.2 Å². The number of hydrogen-bond acceptors (Lipinski definition) is 1. The minimum absolute atomic E-state index is 0.169. The molecule has 1 heterocycles. The van der Waals surface area contributed by atoms with Gasteiger partial charge < -0.3 is 0 Å². The van der Waals surface area contributed by atoms with Crippen molar-refractivity contribution in [3.63, 3.8) is 0 Å². The van der Waals surface area contributed by atoms with Gasteiger partial charge in [0.25, 0.3) is 6.43 Å². The number of hydrogen-bond donors (Lipinski definition) is 0. The molecule has 0 amide bonds. The average Bonchev–Trinajstić information content (AvgIpc) is 1.96. The Kier molecular flexibility index (Phi) is 2.72. The van der Waals surface area contributed by atoms with Crippen molar-refractivity contribution in [1.82, 2.24) is 4.98 Å². The van der Waals surface area contributed by atoms with E-state index in [1.807, 2.05) is 0 Å². The molecule has 0 atom stereocenters. The Morgan fingerprint density at radius 2 is 2.08 bits per heavy atom. The molecular weight excluding hydrogens is 235 g/mol. The number of aryl methyl sites for hydroxylation is 1. The minimum atomic E-state index is -2.80. The number of aromatic nitrogens is 1. The van der Waals surface area contributed by atoms with Crippen LogP contribution in [0.3, 0.4) is 0 Å². The van der Waals surface area contributed by atoms with Crippen molar-refractivity contribution in [1.29, 1.82) is 0 Å². The maximum atomic E-state index is 12.8. The zero-order valence-electron chi connectivity index (χ0n) is 6.11. The number of halogens is 4. The second-order valence-corrected chi connectivity index (χ2v) is 3.01. The van der Waals surface area contributed by atoms with Gasteiger partial charge in [-0.3, -0.25) is 0 Å². The highest BCUT2D eigenvalue weighted by Gasteiger charge is 2.16. The zero-order chi connectivity index (χ0) is 9.30. The third kappa shape index (κ3) is 1.77. The molecule has 0 aliphatic carbocycles. The van der Waals surface area contributed by atoms with Crippen LogP contribution in [0.15, 0.2) is 10.7 Å². The fourth-order valence-electron chi connectivity index (χ4n) is 0.802. The van der Waals surface area contributed by atoms with Crippen LogP contribution in [-0.4, -0.2) is 4.98 Å². The Morgan fingerprint density at radius 3 is 2.58 bits per heavy atom. The summed E-state index contributed by atoms with van der Waals surface area (Å²) in [4.78, 5) is 3.62. The van der Waals surface area contributed by atoms with Gasteiger partial charge in [-0.1, -0.05) is 0 Å². The van der Waals surface area contributed by atoms with Crippen LogP contribution < -0.4 is 0 Å². The standard InChI is InChI=1S/C7H5BrF3N/c1-3-2-4(7(10)11)5(9)6(8)12-3/h2,7H,1H3. The second kappa shape index (κ2) is 3.43. The molecule has 0 aromatic carbocycles. The van der Waals surface area contributed by atoms with Crippen molar-refractivity contribution in [2.75, 3.05) is 0 Å². The van der Waals surface area contributed by atoms with E-state index >= 15 is 0 Å². The zero-order valence-corrected chi connectivity index (χ0v) is 7.70. The fraction of sp³-hybridized carbons (Fsp3) is 0.286. The van der Waals surface area contributed by atoms with Crippen molar-refractivity contribution < 1.29 is 13.2 Å². The molecule has 0 spiro atoms. The first-order chi connectivity index (χ1) is 5.52. The van der Waals surface area contributed by atoms with Crippen molar-refractivity contribution >= 4 is 15.9 Å². The van der Waals surface area contributed by atoms with Crippen molar-refractivity contribution in [2.45, 2.75) is 13.3 Å². The third-order valence-corrected chi connectivity index (χ3v) is 1.83. The molecule has 0 fully saturated rings. The van der Waals surface area contributed by atoms with Crippen LogP contribution in [0.2, 0.25) is 0 Å². The molecule has 0 N–H and O–H groups in total. The summed E-state index contributed by atoms with van der Waals surface area (Å²) in [6, 6.07) is 1.03. The number of pyridine rings is 1. The summed E-state index contributed by atoms with van der Waals surface area (Å²) in [5, 5.41) is 0. The Balaban J connectivity index is 3.28. The van der Waals surface area contributed by atoms with Crippen LogP contribution in [0.5, 0.6) is 0 Å². The predicted molar refractivity (Wildman–Crippen MR) is 41.6 cm³/mol. The first-order valence-corrected chi connectivity index (χ1v) is 3.92. The highest BCUT2D eigenvalue weighted by molar-refractivity contribution is 9.10. The van der Waals surface area contributed by atoms with Crippen LogP contribution in [0, 0.1) is 12.7 Å². The lowest BCUT2D eigenvalue weighted by Gasteiger charge is -2.03. The van der Waals surface area contributed by atoms with Crippen LogP contribution in [-0.2, 0) is 0 Å². The summed E-state index contributed by atoms with van der Waals surface area (Å²) < 4.78 is 36.9. The van der Waals surface area contributed by atoms with Crippen LogP contribution in [0.25, 0.3) is 0 Å². The Hall–Kier alpha value is -0.580. The van der Waals surface area contributed by atoms with Gasteiger partial charge >= 0.3 is 0 Å². The first-order valence-electron chi connectivity index (χ1n) is 3.13. The number of alkyl halides is 2.